The highest BCUT2D eigenvalue weighted by molar-refractivity contribution is 7.98. The van der Waals surface area contributed by atoms with Crippen LogP contribution in [0.3, 0.4) is 0 Å². The number of aryl methyl sites for hydroxylation is 1. The minimum absolute atomic E-state index is 0.132. The summed E-state index contributed by atoms with van der Waals surface area (Å²) in [5.74, 6) is -0.972. The van der Waals surface area contributed by atoms with Crippen molar-refractivity contribution in [3.63, 3.8) is 0 Å². The molecule has 0 aliphatic rings. The van der Waals surface area contributed by atoms with E-state index in [-0.39, 0.29) is 5.69 Å². The van der Waals surface area contributed by atoms with Gasteiger partial charge in [0.1, 0.15) is 0 Å². The van der Waals surface area contributed by atoms with Gasteiger partial charge in [-0.2, -0.15) is 0 Å². The highest BCUT2D eigenvalue weighted by Crippen LogP contribution is 2.16. The van der Waals surface area contributed by atoms with Crippen LogP contribution < -0.4 is 0 Å². The first-order valence-corrected chi connectivity index (χ1v) is 4.61. The first kappa shape index (κ1) is 9.06. The topological polar surface area (TPSA) is 50.2 Å². The second-order valence-electron chi connectivity index (χ2n) is 2.35. The summed E-state index contributed by atoms with van der Waals surface area (Å²) in [6.07, 6.45) is 3.50. The van der Waals surface area contributed by atoms with Crippen LogP contribution >= 0.6 is 11.8 Å². The summed E-state index contributed by atoms with van der Waals surface area (Å²) < 4.78 is 0. The number of rotatable bonds is 2. The van der Waals surface area contributed by atoms with Crippen molar-refractivity contribution >= 4 is 17.7 Å². The van der Waals surface area contributed by atoms with Crippen molar-refractivity contribution in [2.45, 2.75) is 11.8 Å². The fourth-order valence-corrected chi connectivity index (χ4v) is 1.34. The first-order valence-electron chi connectivity index (χ1n) is 3.39. The number of pyridine rings is 1. The Morgan fingerprint density at radius 3 is 2.75 bits per heavy atom. The van der Waals surface area contributed by atoms with Crippen LogP contribution in [0.4, 0.5) is 0 Å². The van der Waals surface area contributed by atoms with E-state index in [1.54, 1.807) is 24.9 Å². The van der Waals surface area contributed by atoms with Crippen molar-refractivity contribution in [2.24, 2.45) is 0 Å². The number of carboxylic acids is 1. The quantitative estimate of drug-likeness (QED) is 0.710. The van der Waals surface area contributed by atoms with Crippen molar-refractivity contribution in [1.82, 2.24) is 4.98 Å². The summed E-state index contributed by atoms with van der Waals surface area (Å²) in [7, 11) is 0. The molecule has 0 aromatic carbocycles. The zero-order valence-corrected chi connectivity index (χ0v) is 7.68. The molecule has 4 heteroatoms. The maximum absolute atomic E-state index is 10.6. The van der Waals surface area contributed by atoms with Crippen LogP contribution in [0.25, 0.3) is 0 Å². The van der Waals surface area contributed by atoms with Gasteiger partial charge in [-0.15, -0.1) is 11.8 Å². The average Bonchev–Trinajstić information content (AvgIpc) is 2.03. The van der Waals surface area contributed by atoms with Crippen molar-refractivity contribution in [1.29, 1.82) is 0 Å². The minimum Gasteiger partial charge on any atom is -0.477 e. The Kier molecular flexibility index (Phi) is 2.70. The lowest BCUT2D eigenvalue weighted by Gasteiger charge is -2.00. The maximum Gasteiger partial charge on any atom is 0.354 e. The predicted octanol–water partition coefficient (Wildman–Crippen LogP) is 1.81. The van der Waals surface area contributed by atoms with Gasteiger partial charge in [0.05, 0.1) is 0 Å². The summed E-state index contributed by atoms with van der Waals surface area (Å²) >= 11 is 1.55. The van der Waals surface area contributed by atoms with Gasteiger partial charge < -0.3 is 5.11 Å². The summed E-state index contributed by atoms with van der Waals surface area (Å²) in [6.45, 7) is 1.75. The van der Waals surface area contributed by atoms with Crippen LogP contribution in [-0.2, 0) is 0 Å². The molecular weight excluding hydrogens is 174 g/mol. The van der Waals surface area contributed by atoms with Gasteiger partial charge >= 0.3 is 5.97 Å². The molecule has 3 nitrogen and oxygen atoms in total. The van der Waals surface area contributed by atoms with Crippen LogP contribution in [-0.4, -0.2) is 22.3 Å². The molecule has 0 unspecified atom stereocenters. The fraction of sp³-hybridized carbons (Fsp3) is 0.250. The number of thioether (sulfide) groups is 1. The molecule has 0 radical (unpaired) electrons. The lowest BCUT2D eigenvalue weighted by Crippen LogP contribution is -2.02. The van der Waals surface area contributed by atoms with Gasteiger partial charge in [0.25, 0.3) is 0 Å². The highest BCUT2D eigenvalue weighted by atomic mass is 32.2. The van der Waals surface area contributed by atoms with E-state index in [9.17, 15) is 4.79 Å². The van der Waals surface area contributed by atoms with Gasteiger partial charge in [-0.1, -0.05) is 0 Å². The van der Waals surface area contributed by atoms with Crippen molar-refractivity contribution in [3.8, 4) is 0 Å². The summed E-state index contributed by atoms with van der Waals surface area (Å²) in [5, 5.41) is 8.66. The number of nitrogens with zero attached hydrogens (tertiary/aromatic N) is 1. The Labute approximate surface area is 74.8 Å². The van der Waals surface area contributed by atoms with Crippen LogP contribution in [0, 0.1) is 6.92 Å². The smallest absolute Gasteiger partial charge is 0.354 e. The van der Waals surface area contributed by atoms with Crippen LogP contribution in [0.2, 0.25) is 0 Å². The third-order valence-electron chi connectivity index (χ3n) is 1.49. The third kappa shape index (κ3) is 1.76. The molecule has 1 N–H and O–H groups in total. The largest absolute Gasteiger partial charge is 0.477 e. The highest BCUT2D eigenvalue weighted by Gasteiger charge is 2.08. The molecule has 0 spiro atoms. The normalized spacial score (nSPS) is 9.83. The molecule has 0 fully saturated rings. The zero-order valence-electron chi connectivity index (χ0n) is 6.87. The molecule has 0 bridgehead atoms. The monoisotopic (exact) mass is 183 g/mol. The van der Waals surface area contributed by atoms with Gasteiger partial charge in [-0.3, -0.25) is 0 Å². The molecule has 64 valence electrons. The molecule has 0 aliphatic carbocycles. The van der Waals surface area contributed by atoms with E-state index < -0.39 is 5.97 Å². The van der Waals surface area contributed by atoms with Crippen LogP contribution in [0.1, 0.15) is 16.1 Å². The number of hydrogen-bond acceptors (Lipinski definition) is 3. The van der Waals surface area contributed by atoms with E-state index in [0.29, 0.717) is 5.56 Å². The molecule has 0 amide bonds. The summed E-state index contributed by atoms with van der Waals surface area (Å²) in [5.41, 5.74) is 0.835. The number of carbonyl (C=O) groups is 1. The van der Waals surface area contributed by atoms with Gasteiger partial charge in [0.2, 0.25) is 0 Å². The molecule has 0 atom stereocenters. The molecule has 0 aliphatic heterocycles. The Bertz CT molecular complexity index is 312. The van der Waals surface area contributed by atoms with Crippen molar-refractivity contribution in [2.75, 3.05) is 6.26 Å². The average molecular weight is 183 g/mol. The van der Waals surface area contributed by atoms with E-state index in [0.717, 1.165) is 4.90 Å². The molecule has 1 aromatic heterocycles. The maximum atomic E-state index is 10.6. The number of carboxylic acid groups (broad SMARTS) is 1. The van der Waals surface area contributed by atoms with Crippen LogP contribution in [0.5, 0.6) is 0 Å². The van der Waals surface area contributed by atoms with Crippen molar-refractivity contribution < 1.29 is 9.90 Å². The molecule has 1 aromatic rings. The minimum atomic E-state index is -0.972. The van der Waals surface area contributed by atoms with Gasteiger partial charge in [0, 0.05) is 11.1 Å². The lowest BCUT2D eigenvalue weighted by molar-refractivity contribution is 0.0689. The standard InChI is InChI=1S/C8H9NO2S/c1-5-3-6(12-2)4-9-7(5)8(10)11/h3-4H,1-2H3,(H,10,11). The number of hydrogen-bond donors (Lipinski definition) is 1. The first-order chi connectivity index (χ1) is 5.65. The van der Waals surface area contributed by atoms with E-state index >= 15 is 0 Å². The van der Waals surface area contributed by atoms with Gasteiger partial charge in [0.15, 0.2) is 5.69 Å². The number of aromatic carboxylic acids is 1. The Morgan fingerprint density at radius 1 is 1.67 bits per heavy atom. The summed E-state index contributed by atoms with van der Waals surface area (Å²) in [4.78, 5) is 15.4. The van der Waals surface area contributed by atoms with E-state index in [1.807, 2.05) is 12.3 Å². The predicted molar refractivity (Wildman–Crippen MR) is 47.7 cm³/mol. The lowest BCUT2D eigenvalue weighted by atomic mass is 10.2. The third-order valence-corrected chi connectivity index (χ3v) is 2.19. The zero-order chi connectivity index (χ0) is 9.14. The van der Waals surface area contributed by atoms with Crippen LogP contribution in [0.15, 0.2) is 17.2 Å². The Hall–Kier alpha value is -1.03. The van der Waals surface area contributed by atoms with E-state index in [4.69, 9.17) is 5.11 Å². The second-order valence-corrected chi connectivity index (χ2v) is 3.23. The van der Waals surface area contributed by atoms with Crippen molar-refractivity contribution in [3.05, 3.63) is 23.5 Å². The molecule has 1 rings (SSSR count). The second kappa shape index (κ2) is 3.58. The van der Waals surface area contributed by atoms with E-state index in [1.165, 1.54) is 0 Å². The van der Waals surface area contributed by atoms with E-state index in [2.05, 4.69) is 4.98 Å². The molecular formula is C8H9NO2S. The SMILES string of the molecule is CSc1cnc(C(=O)O)c(C)c1. The summed E-state index contributed by atoms with van der Waals surface area (Å²) in [6, 6.07) is 1.82. The molecule has 0 saturated carbocycles. The number of aromatic nitrogens is 1. The molecule has 12 heavy (non-hydrogen) atoms. The van der Waals surface area contributed by atoms with Gasteiger partial charge in [-0.05, 0) is 24.8 Å². The Morgan fingerprint density at radius 2 is 2.33 bits per heavy atom. The fourth-order valence-electron chi connectivity index (χ4n) is 0.885. The van der Waals surface area contributed by atoms with Gasteiger partial charge in [-0.25, -0.2) is 9.78 Å². The Balaban J connectivity index is 3.12. The molecule has 1 heterocycles. The molecule has 0 saturated heterocycles.